The Hall–Kier alpha value is -0.920. The maximum atomic E-state index is 12.9. The fourth-order valence-electron chi connectivity index (χ4n) is 2.12. The third kappa shape index (κ3) is 4.28. The highest BCUT2D eigenvalue weighted by Gasteiger charge is 2.32. The SMILES string of the molecule is Cc1csc(C(=O)O)c1S(=O)(=O)N(CC(C)C)CC(C)C. The molecule has 1 heterocycles. The van der Waals surface area contributed by atoms with Crippen molar-refractivity contribution in [1.29, 1.82) is 0 Å². The summed E-state index contributed by atoms with van der Waals surface area (Å²) >= 11 is 0.961. The van der Waals surface area contributed by atoms with Crippen molar-refractivity contribution in [3.63, 3.8) is 0 Å². The van der Waals surface area contributed by atoms with E-state index in [-0.39, 0.29) is 21.6 Å². The number of carbonyl (C=O) groups is 1. The van der Waals surface area contributed by atoms with Crippen LogP contribution in [0.15, 0.2) is 10.3 Å². The molecule has 0 atom stereocenters. The van der Waals surface area contributed by atoms with E-state index in [0.717, 1.165) is 11.3 Å². The molecule has 0 aliphatic carbocycles. The lowest BCUT2D eigenvalue weighted by atomic mass is 10.2. The highest BCUT2D eigenvalue weighted by Crippen LogP contribution is 2.30. The molecular weight excluding hydrogens is 310 g/mol. The zero-order valence-corrected chi connectivity index (χ0v) is 14.7. The molecule has 0 fully saturated rings. The van der Waals surface area contributed by atoms with Gasteiger partial charge in [0.2, 0.25) is 10.0 Å². The number of sulfonamides is 1. The second kappa shape index (κ2) is 6.89. The largest absolute Gasteiger partial charge is 0.477 e. The van der Waals surface area contributed by atoms with E-state index in [2.05, 4.69) is 0 Å². The lowest BCUT2D eigenvalue weighted by Crippen LogP contribution is -2.37. The lowest BCUT2D eigenvalue weighted by Gasteiger charge is -2.26. The van der Waals surface area contributed by atoms with Crippen LogP contribution in [0.4, 0.5) is 0 Å². The van der Waals surface area contributed by atoms with Gasteiger partial charge in [0.15, 0.2) is 0 Å². The van der Waals surface area contributed by atoms with E-state index in [0.29, 0.717) is 18.7 Å². The maximum absolute atomic E-state index is 12.9. The van der Waals surface area contributed by atoms with Crippen molar-refractivity contribution in [2.45, 2.75) is 39.5 Å². The van der Waals surface area contributed by atoms with E-state index in [1.165, 1.54) is 4.31 Å². The Balaban J connectivity index is 3.35. The van der Waals surface area contributed by atoms with Gasteiger partial charge in [-0.15, -0.1) is 11.3 Å². The van der Waals surface area contributed by atoms with E-state index in [4.69, 9.17) is 0 Å². The third-order valence-electron chi connectivity index (χ3n) is 2.85. The summed E-state index contributed by atoms with van der Waals surface area (Å²) < 4.78 is 27.2. The zero-order valence-electron chi connectivity index (χ0n) is 13.1. The molecule has 0 aromatic carbocycles. The minimum atomic E-state index is -3.79. The van der Waals surface area contributed by atoms with E-state index in [9.17, 15) is 18.3 Å². The summed E-state index contributed by atoms with van der Waals surface area (Å²) in [6.07, 6.45) is 0. The van der Waals surface area contributed by atoms with E-state index in [1.807, 2.05) is 27.7 Å². The first-order chi connectivity index (χ1) is 9.57. The highest BCUT2D eigenvalue weighted by atomic mass is 32.2. The van der Waals surface area contributed by atoms with Gasteiger partial charge < -0.3 is 5.11 Å². The molecule has 5 nitrogen and oxygen atoms in total. The van der Waals surface area contributed by atoms with Crippen LogP contribution < -0.4 is 0 Å². The third-order valence-corrected chi connectivity index (χ3v) is 6.08. The molecule has 0 spiro atoms. The molecule has 1 aromatic heterocycles. The standard InChI is InChI=1S/C14H23NO4S2/c1-9(2)6-15(7-10(3)4)21(18,19)13-11(5)8-20-12(13)14(16)17/h8-10H,6-7H2,1-5H3,(H,16,17). The van der Waals surface area contributed by atoms with Gasteiger partial charge in [-0.05, 0) is 29.7 Å². The summed E-state index contributed by atoms with van der Waals surface area (Å²) in [5, 5.41) is 10.8. The molecule has 1 rings (SSSR count). The molecular formula is C14H23NO4S2. The van der Waals surface area contributed by atoms with Crippen LogP contribution in [0.1, 0.15) is 42.9 Å². The number of hydrogen-bond donors (Lipinski definition) is 1. The Morgan fingerprint density at radius 2 is 1.71 bits per heavy atom. The monoisotopic (exact) mass is 333 g/mol. The number of aryl methyl sites for hydroxylation is 1. The second-order valence-electron chi connectivity index (χ2n) is 5.99. The van der Waals surface area contributed by atoms with Gasteiger partial charge in [-0.2, -0.15) is 4.31 Å². The van der Waals surface area contributed by atoms with Crippen molar-refractivity contribution in [2.24, 2.45) is 11.8 Å². The Labute approximate surface area is 130 Å². The summed E-state index contributed by atoms with van der Waals surface area (Å²) in [5.41, 5.74) is 0.495. The van der Waals surface area contributed by atoms with Crippen LogP contribution in [-0.4, -0.2) is 36.9 Å². The maximum Gasteiger partial charge on any atom is 0.347 e. The lowest BCUT2D eigenvalue weighted by molar-refractivity contribution is 0.0698. The quantitative estimate of drug-likeness (QED) is 0.832. The van der Waals surface area contributed by atoms with Crippen LogP contribution in [0.3, 0.4) is 0 Å². The van der Waals surface area contributed by atoms with Crippen molar-refractivity contribution in [2.75, 3.05) is 13.1 Å². The minimum Gasteiger partial charge on any atom is -0.477 e. The van der Waals surface area contributed by atoms with Crippen LogP contribution in [0.25, 0.3) is 0 Å². The van der Waals surface area contributed by atoms with Gasteiger partial charge in [0.1, 0.15) is 9.77 Å². The van der Waals surface area contributed by atoms with Gasteiger partial charge in [-0.25, -0.2) is 13.2 Å². The molecule has 1 N–H and O–H groups in total. The number of carboxylic acids is 1. The van der Waals surface area contributed by atoms with Crippen molar-refractivity contribution < 1.29 is 18.3 Å². The number of hydrogen-bond acceptors (Lipinski definition) is 4. The Morgan fingerprint density at radius 3 is 2.10 bits per heavy atom. The second-order valence-corrected chi connectivity index (χ2v) is 8.75. The summed E-state index contributed by atoms with van der Waals surface area (Å²) in [4.78, 5) is 11.1. The van der Waals surface area contributed by atoms with Crippen LogP contribution >= 0.6 is 11.3 Å². The summed E-state index contributed by atoms with van der Waals surface area (Å²) in [6.45, 7) is 10.2. The molecule has 120 valence electrons. The minimum absolute atomic E-state index is 0.0544. The topological polar surface area (TPSA) is 74.7 Å². The Bertz CT molecular complexity index is 592. The van der Waals surface area contributed by atoms with Crippen molar-refractivity contribution >= 4 is 27.3 Å². The van der Waals surface area contributed by atoms with E-state index < -0.39 is 16.0 Å². The molecule has 0 aliphatic rings. The Kier molecular flexibility index (Phi) is 5.95. The zero-order chi connectivity index (χ0) is 16.4. The highest BCUT2D eigenvalue weighted by molar-refractivity contribution is 7.89. The molecule has 0 aliphatic heterocycles. The van der Waals surface area contributed by atoms with Crippen molar-refractivity contribution in [3.05, 3.63) is 15.8 Å². The molecule has 0 saturated heterocycles. The van der Waals surface area contributed by atoms with Gasteiger partial charge in [0.25, 0.3) is 0 Å². The predicted molar refractivity (Wildman–Crippen MR) is 84.5 cm³/mol. The summed E-state index contributed by atoms with van der Waals surface area (Å²) in [5.74, 6) is -0.850. The summed E-state index contributed by atoms with van der Waals surface area (Å²) in [7, 11) is -3.79. The number of carboxylic acid groups (broad SMARTS) is 1. The van der Waals surface area contributed by atoms with Gasteiger partial charge in [-0.3, -0.25) is 0 Å². The van der Waals surface area contributed by atoms with E-state index >= 15 is 0 Å². The van der Waals surface area contributed by atoms with Gasteiger partial charge in [0.05, 0.1) is 0 Å². The fraction of sp³-hybridized carbons (Fsp3) is 0.643. The van der Waals surface area contributed by atoms with Crippen LogP contribution in [0, 0.1) is 18.8 Å². The molecule has 0 radical (unpaired) electrons. The first-order valence-corrected chi connectivity index (χ1v) is 9.20. The normalized spacial score (nSPS) is 12.6. The molecule has 0 unspecified atom stereocenters. The average molecular weight is 333 g/mol. The molecule has 0 saturated carbocycles. The average Bonchev–Trinajstić information content (AvgIpc) is 2.69. The predicted octanol–water partition coefficient (Wildman–Crippen LogP) is 3.06. The fourth-order valence-corrected chi connectivity index (χ4v) is 5.47. The van der Waals surface area contributed by atoms with Crippen molar-refractivity contribution in [1.82, 2.24) is 4.31 Å². The van der Waals surface area contributed by atoms with E-state index in [1.54, 1.807) is 12.3 Å². The van der Waals surface area contributed by atoms with Gasteiger partial charge in [-0.1, -0.05) is 27.7 Å². The first-order valence-electron chi connectivity index (χ1n) is 6.88. The first kappa shape index (κ1) is 18.1. The molecule has 0 amide bonds. The number of nitrogens with zero attached hydrogens (tertiary/aromatic N) is 1. The van der Waals surface area contributed by atoms with Crippen molar-refractivity contribution in [3.8, 4) is 0 Å². The Morgan fingerprint density at radius 1 is 1.24 bits per heavy atom. The number of thiophene rings is 1. The molecule has 21 heavy (non-hydrogen) atoms. The molecule has 0 bridgehead atoms. The van der Waals surface area contributed by atoms with Crippen LogP contribution in [-0.2, 0) is 10.0 Å². The summed E-state index contributed by atoms with van der Waals surface area (Å²) in [6, 6.07) is 0. The number of rotatable bonds is 7. The molecule has 7 heteroatoms. The van der Waals surface area contributed by atoms with Gasteiger partial charge in [0, 0.05) is 13.1 Å². The van der Waals surface area contributed by atoms with Crippen LogP contribution in [0.2, 0.25) is 0 Å². The van der Waals surface area contributed by atoms with Crippen LogP contribution in [0.5, 0.6) is 0 Å². The van der Waals surface area contributed by atoms with Gasteiger partial charge >= 0.3 is 5.97 Å². The molecule has 1 aromatic rings. The smallest absolute Gasteiger partial charge is 0.347 e. The number of aromatic carboxylic acids is 1.